The topological polar surface area (TPSA) is 32.3 Å². The van der Waals surface area contributed by atoms with Crippen molar-refractivity contribution in [1.82, 2.24) is 5.32 Å². The summed E-state index contributed by atoms with van der Waals surface area (Å²) >= 11 is 0. The summed E-state index contributed by atoms with van der Waals surface area (Å²) in [6.45, 7) is 1.50. The van der Waals surface area contributed by atoms with E-state index in [0.717, 1.165) is 25.8 Å². The molecular formula is C19H28N2O. The first kappa shape index (κ1) is 15.4. The highest BCUT2D eigenvalue weighted by molar-refractivity contribution is 5.82. The molecule has 1 saturated carbocycles. The van der Waals surface area contributed by atoms with Crippen molar-refractivity contribution in [2.45, 2.75) is 63.8 Å². The van der Waals surface area contributed by atoms with Crippen LogP contribution in [0.5, 0.6) is 0 Å². The van der Waals surface area contributed by atoms with Crippen LogP contribution in [0, 0.1) is 0 Å². The normalized spacial score (nSPS) is 19.9. The van der Waals surface area contributed by atoms with Crippen LogP contribution in [0.15, 0.2) is 24.3 Å². The smallest absolute Gasteiger partial charge is 0.239 e. The molecule has 2 aliphatic rings. The number of anilines is 1. The number of carbonyl (C=O) groups is 1. The maximum absolute atomic E-state index is 12.5. The van der Waals surface area contributed by atoms with E-state index in [1.165, 1.54) is 49.8 Å². The SMILES string of the molecule is O=C(CN1CCCCc2ccccc21)NC1CCCCCC1. The van der Waals surface area contributed by atoms with Gasteiger partial charge in [-0.2, -0.15) is 0 Å². The molecule has 0 atom stereocenters. The van der Waals surface area contributed by atoms with E-state index in [-0.39, 0.29) is 5.91 Å². The van der Waals surface area contributed by atoms with Crippen LogP contribution < -0.4 is 10.2 Å². The van der Waals surface area contributed by atoms with Crippen molar-refractivity contribution in [1.29, 1.82) is 0 Å². The van der Waals surface area contributed by atoms with Crippen LogP contribution in [0.25, 0.3) is 0 Å². The fourth-order valence-corrected chi connectivity index (χ4v) is 3.80. The molecule has 0 unspecified atom stereocenters. The molecule has 1 aliphatic heterocycles. The second kappa shape index (κ2) is 7.66. The second-order valence-electron chi connectivity index (χ2n) is 6.76. The predicted molar refractivity (Wildman–Crippen MR) is 91.2 cm³/mol. The molecule has 1 amide bonds. The van der Waals surface area contributed by atoms with Crippen LogP contribution >= 0.6 is 0 Å². The summed E-state index contributed by atoms with van der Waals surface area (Å²) in [5.74, 6) is 0.198. The number of aryl methyl sites for hydroxylation is 1. The molecule has 3 nitrogen and oxygen atoms in total. The predicted octanol–water partition coefficient (Wildman–Crippen LogP) is 3.67. The van der Waals surface area contributed by atoms with Gasteiger partial charge in [-0.15, -0.1) is 0 Å². The Morgan fingerprint density at radius 1 is 1.05 bits per heavy atom. The van der Waals surface area contributed by atoms with E-state index in [4.69, 9.17) is 0 Å². The minimum absolute atomic E-state index is 0.198. The van der Waals surface area contributed by atoms with Gasteiger partial charge >= 0.3 is 0 Å². The van der Waals surface area contributed by atoms with Gasteiger partial charge in [-0.25, -0.2) is 0 Å². The van der Waals surface area contributed by atoms with Crippen molar-refractivity contribution in [3.05, 3.63) is 29.8 Å². The summed E-state index contributed by atoms with van der Waals surface area (Å²) in [7, 11) is 0. The van der Waals surface area contributed by atoms with Gasteiger partial charge in [-0.1, -0.05) is 43.9 Å². The maximum atomic E-state index is 12.5. The van der Waals surface area contributed by atoms with Crippen molar-refractivity contribution in [2.24, 2.45) is 0 Å². The highest BCUT2D eigenvalue weighted by atomic mass is 16.2. The third-order valence-corrected chi connectivity index (χ3v) is 5.01. The van der Waals surface area contributed by atoms with Gasteiger partial charge in [0.25, 0.3) is 0 Å². The molecular weight excluding hydrogens is 272 g/mol. The first-order chi connectivity index (χ1) is 10.8. The number of nitrogens with zero attached hydrogens (tertiary/aromatic N) is 1. The van der Waals surface area contributed by atoms with Gasteiger partial charge in [0.1, 0.15) is 0 Å². The first-order valence-electron chi connectivity index (χ1n) is 8.95. The Morgan fingerprint density at radius 2 is 1.82 bits per heavy atom. The van der Waals surface area contributed by atoms with Crippen LogP contribution in [0.2, 0.25) is 0 Å². The molecule has 1 fully saturated rings. The van der Waals surface area contributed by atoms with Gasteiger partial charge in [0.05, 0.1) is 6.54 Å². The van der Waals surface area contributed by atoms with Crippen LogP contribution in [-0.4, -0.2) is 25.0 Å². The summed E-state index contributed by atoms with van der Waals surface area (Å²) in [6.07, 6.45) is 11.0. The minimum Gasteiger partial charge on any atom is -0.362 e. The molecule has 1 aromatic rings. The Hall–Kier alpha value is -1.51. The largest absolute Gasteiger partial charge is 0.362 e. The molecule has 0 bridgehead atoms. The number of hydrogen-bond donors (Lipinski definition) is 1. The Balaban J connectivity index is 1.61. The number of carbonyl (C=O) groups excluding carboxylic acids is 1. The Bertz CT molecular complexity index is 492. The van der Waals surface area contributed by atoms with Gasteiger partial charge in [-0.05, 0) is 43.7 Å². The fraction of sp³-hybridized carbons (Fsp3) is 0.632. The third-order valence-electron chi connectivity index (χ3n) is 5.01. The van der Waals surface area contributed by atoms with E-state index in [0.29, 0.717) is 12.6 Å². The van der Waals surface area contributed by atoms with Crippen LogP contribution in [-0.2, 0) is 11.2 Å². The lowest BCUT2D eigenvalue weighted by Crippen LogP contribution is -2.42. The van der Waals surface area contributed by atoms with E-state index in [1.54, 1.807) is 0 Å². The lowest BCUT2D eigenvalue weighted by molar-refractivity contribution is -0.120. The molecule has 22 heavy (non-hydrogen) atoms. The average molecular weight is 300 g/mol. The number of hydrogen-bond acceptors (Lipinski definition) is 2. The lowest BCUT2D eigenvalue weighted by atomic mass is 10.1. The monoisotopic (exact) mass is 300 g/mol. The molecule has 1 aliphatic carbocycles. The minimum atomic E-state index is 0.198. The Kier molecular flexibility index (Phi) is 5.36. The molecule has 0 spiro atoms. The summed E-state index contributed by atoms with van der Waals surface area (Å²) in [5, 5.41) is 3.28. The number of fused-ring (bicyclic) bond motifs is 1. The van der Waals surface area contributed by atoms with Crippen molar-refractivity contribution in [2.75, 3.05) is 18.0 Å². The lowest BCUT2D eigenvalue weighted by Gasteiger charge is -2.25. The highest BCUT2D eigenvalue weighted by Gasteiger charge is 2.19. The van der Waals surface area contributed by atoms with Crippen LogP contribution in [0.3, 0.4) is 0 Å². The van der Waals surface area contributed by atoms with E-state index >= 15 is 0 Å². The fourth-order valence-electron chi connectivity index (χ4n) is 3.80. The Labute approximate surface area is 134 Å². The van der Waals surface area contributed by atoms with Crippen molar-refractivity contribution in [3.63, 3.8) is 0 Å². The second-order valence-corrected chi connectivity index (χ2v) is 6.76. The quantitative estimate of drug-likeness (QED) is 0.864. The summed E-state index contributed by atoms with van der Waals surface area (Å²) < 4.78 is 0. The molecule has 1 aromatic carbocycles. The van der Waals surface area contributed by atoms with Gasteiger partial charge in [0.2, 0.25) is 5.91 Å². The first-order valence-corrected chi connectivity index (χ1v) is 8.95. The van der Waals surface area contributed by atoms with Gasteiger partial charge in [0.15, 0.2) is 0 Å². The third kappa shape index (κ3) is 4.02. The number of rotatable bonds is 3. The van der Waals surface area contributed by atoms with Crippen molar-refractivity contribution < 1.29 is 4.79 Å². The summed E-state index contributed by atoms with van der Waals surface area (Å²) in [6, 6.07) is 8.96. The van der Waals surface area contributed by atoms with E-state index in [1.807, 2.05) is 0 Å². The zero-order valence-electron chi connectivity index (χ0n) is 13.5. The van der Waals surface area contributed by atoms with Gasteiger partial charge in [0, 0.05) is 18.3 Å². The van der Waals surface area contributed by atoms with E-state index in [9.17, 15) is 4.79 Å². The Morgan fingerprint density at radius 3 is 2.64 bits per heavy atom. The number of benzene rings is 1. The zero-order chi connectivity index (χ0) is 15.2. The summed E-state index contributed by atoms with van der Waals surface area (Å²) in [5.41, 5.74) is 2.65. The highest BCUT2D eigenvalue weighted by Crippen LogP contribution is 2.25. The number of para-hydroxylation sites is 1. The molecule has 3 heteroatoms. The number of nitrogens with one attached hydrogen (secondary N) is 1. The molecule has 3 rings (SSSR count). The molecule has 0 saturated heterocycles. The van der Waals surface area contributed by atoms with E-state index < -0.39 is 0 Å². The average Bonchev–Trinajstić information content (AvgIpc) is 2.89. The van der Waals surface area contributed by atoms with Crippen molar-refractivity contribution >= 4 is 11.6 Å². The maximum Gasteiger partial charge on any atom is 0.239 e. The van der Waals surface area contributed by atoms with Crippen LogP contribution in [0.1, 0.15) is 56.9 Å². The molecule has 1 heterocycles. The van der Waals surface area contributed by atoms with E-state index in [2.05, 4.69) is 34.5 Å². The van der Waals surface area contributed by atoms with Gasteiger partial charge < -0.3 is 10.2 Å². The summed E-state index contributed by atoms with van der Waals surface area (Å²) in [4.78, 5) is 14.7. The standard InChI is InChI=1S/C19H28N2O/c22-19(20-17-11-3-1-2-4-12-17)15-21-14-8-7-10-16-9-5-6-13-18(16)21/h5-6,9,13,17H,1-4,7-8,10-12,14-15H2,(H,20,22). The molecule has 1 N–H and O–H groups in total. The van der Waals surface area contributed by atoms with Crippen LogP contribution in [0.4, 0.5) is 5.69 Å². The molecule has 0 radical (unpaired) electrons. The zero-order valence-corrected chi connectivity index (χ0v) is 13.5. The van der Waals surface area contributed by atoms with Crippen molar-refractivity contribution in [3.8, 4) is 0 Å². The molecule has 120 valence electrons. The van der Waals surface area contributed by atoms with Gasteiger partial charge in [-0.3, -0.25) is 4.79 Å². The number of amides is 1. The molecule has 0 aromatic heterocycles.